The Balaban J connectivity index is 2.28. The van der Waals surface area contributed by atoms with Crippen LogP contribution in [0, 0.1) is 0 Å². The number of carbonyl (C=O) groups is 2. The third-order valence-electron chi connectivity index (χ3n) is 2.84. The molecule has 0 saturated carbocycles. The zero-order chi connectivity index (χ0) is 15.8. The van der Waals surface area contributed by atoms with E-state index < -0.39 is 6.04 Å². The maximum absolute atomic E-state index is 11.8. The Morgan fingerprint density at radius 1 is 1.19 bits per heavy atom. The summed E-state index contributed by atoms with van der Waals surface area (Å²) >= 11 is 0. The van der Waals surface area contributed by atoms with E-state index in [1.165, 1.54) is 4.90 Å². The van der Waals surface area contributed by atoms with Crippen LogP contribution < -0.4 is 16.4 Å². The lowest BCUT2D eigenvalue weighted by atomic mass is 10.1. The summed E-state index contributed by atoms with van der Waals surface area (Å²) in [5.74, 6) is -0.101. The molecule has 0 aliphatic heterocycles. The van der Waals surface area contributed by atoms with Gasteiger partial charge in [-0.2, -0.15) is 0 Å². The molecule has 7 heteroatoms. The van der Waals surface area contributed by atoms with Crippen molar-refractivity contribution in [3.8, 4) is 5.75 Å². The summed E-state index contributed by atoms with van der Waals surface area (Å²) in [6.45, 7) is 0.663. The fourth-order valence-corrected chi connectivity index (χ4v) is 1.62. The topological polar surface area (TPSA) is 108 Å². The van der Waals surface area contributed by atoms with Crippen LogP contribution in [0.25, 0.3) is 0 Å². The van der Waals surface area contributed by atoms with E-state index >= 15 is 0 Å². The smallest absolute Gasteiger partial charge is 0.316 e. The minimum absolute atomic E-state index is 0.174. The highest BCUT2D eigenvalue weighted by atomic mass is 16.3. The summed E-state index contributed by atoms with van der Waals surface area (Å²) in [6, 6.07) is 5.67. The standard InChI is InChI=1S/C14H22N4O3/c1-18(2)14(21)17-8-7-16-13(20)12(15)9-10-3-5-11(19)6-4-10/h3-6,12,19H,7-9,15H2,1-2H3,(H,16,20)(H,17,21)/t12-/m1/s1. The van der Waals surface area contributed by atoms with Gasteiger partial charge in [-0.15, -0.1) is 0 Å². The van der Waals surface area contributed by atoms with Gasteiger partial charge in [0.2, 0.25) is 5.91 Å². The molecule has 0 aliphatic carbocycles. The Morgan fingerprint density at radius 2 is 1.76 bits per heavy atom. The molecule has 1 aromatic rings. The summed E-state index contributed by atoms with van der Waals surface area (Å²) in [7, 11) is 3.28. The SMILES string of the molecule is CN(C)C(=O)NCCNC(=O)[C@H](N)Cc1ccc(O)cc1. The van der Waals surface area contributed by atoms with Gasteiger partial charge in [-0.25, -0.2) is 4.79 Å². The Labute approximate surface area is 124 Å². The second kappa shape index (κ2) is 8.11. The van der Waals surface area contributed by atoms with Crippen molar-refractivity contribution in [3.05, 3.63) is 29.8 Å². The number of hydrogen-bond donors (Lipinski definition) is 4. The number of phenols is 1. The molecule has 0 radical (unpaired) electrons. The molecule has 1 rings (SSSR count). The molecule has 0 heterocycles. The molecule has 0 unspecified atom stereocenters. The van der Waals surface area contributed by atoms with Crippen LogP contribution in [0.15, 0.2) is 24.3 Å². The molecule has 0 spiro atoms. The van der Waals surface area contributed by atoms with E-state index in [0.717, 1.165) is 5.56 Å². The number of nitrogens with one attached hydrogen (secondary N) is 2. The van der Waals surface area contributed by atoms with E-state index in [9.17, 15) is 14.7 Å². The molecule has 0 aromatic heterocycles. The van der Waals surface area contributed by atoms with Gasteiger partial charge in [0.05, 0.1) is 6.04 Å². The molecule has 21 heavy (non-hydrogen) atoms. The zero-order valence-electron chi connectivity index (χ0n) is 12.3. The second-order valence-corrected chi connectivity index (χ2v) is 4.89. The summed E-state index contributed by atoms with van der Waals surface area (Å²) in [5, 5.41) is 14.5. The van der Waals surface area contributed by atoms with Gasteiger partial charge < -0.3 is 26.4 Å². The third-order valence-corrected chi connectivity index (χ3v) is 2.84. The Hall–Kier alpha value is -2.28. The molecule has 1 aromatic carbocycles. The van der Waals surface area contributed by atoms with E-state index in [1.54, 1.807) is 38.4 Å². The molecular weight excluding hydrogens is 272 g/mol. The lowest BCUT2D eigenvalue weighted by Gasteiger charge is -2.14. The van der Waals surface area contributed by atoms with Crippen LogP contribution in [0.5, 0.6) is 5.75 Å². The summed E-state index contributed by atoms with van der Waals surface area (Å²) in [6.07, 6.45) is 0.385. The molecule has 116 valence electrons. The Bertz CT molecular complexity index is 474. The van der Waals surface area contributed by atoms with Gasteiger partial charge in [0.15, 0.2) is 0 Å². The van der Waals surface area contributed by atoms with Gasteiger partial charge >= 0.3 is 6.03 Å². The van der Waals surface area contributed by atoms with E-state index in [-0.39, 0.29) is 17.7 Å². The van der Waals surface area contributed by atoms with Gasteiger partial charge in [0.25, 0.3) is 0 Å². The summed E-state index contributed by atoms with van der Waals surface area (Å²) in [5.41, 5.74) is 6.68. The molecule has 3 amide bonds. The number of aromatic hydroxyl groups is 1. The first kappa shape index (κ1) is 16.8. The minimum atomic E-state index is -0.668. The van der Waals surface area contributed by atoms with Gasteiger partial charge in [-0.05, 0) is 24.1 Å². The Kier molecular flexibility index (Phi) is 6.48. The molecule has 0 saturated heterocycles. The fourth-order valence-electron chi connectivity index (χ4n) is 1.62. The largest absolute Gasteiger partial charge is 0.508 e. The van der Waals surface area contributed by atoms with Gasteiger partial charge in [0.1, 0.15) is 5.75 Å². The van der Waals surface area contributed by atoms with Gasteiger partial charge in [-0.3, -0.25) is 4.79 Å². The number of urea groups is 1. The quantitative estimate of drug-likeness (QED) is 0.538. The van der Waals surface area contributed by atoms with E-state index in [0.29, 0.717) is 19.5 Å². The van der Waals surface area contributed by atoms with Crippen LogP contribution in [0.1, 0.15) is 5.56 Å². The van der Waals surface area contributed by atoms with E-state index in [1.807, 2.05) is 0 Å². The maximum atomic E-state index is 11.8. The normalized spacial score (nSPS) is 11.6. The van der Waals surface area contributed by atoms with Crippen LogP contribution in [0.2, 0.25) is 0 Å². The van der Waals surface area contributed by atoms with Crippen LogP contribution in [-0.4, -0.2) is 55.2 Å². The van der Waals surface area contributed by atoms with Gasteiger partial charge in [0, 0.05) is 27.2 Å². The highest BCUT2D eigenvalue weighted by Crippen LogP contribution is 2.10. The average molecular weight is 294 g/mol. The highest BCUT2D eigenvalue weighted by molar-refractivity contribution is 5.81. The number of carbonyl (C=O) groups excluding carboxylic acids is 2. The number of hydrogen-bond acceptors (Lipinski definition) is 4. The van der Waals surface area contributed by atoms with Crippen molar-refractivity contribution in [2.75, 3.05) is 27.2 Å². The van der Waals surface area contributed by atoms with Crippen molar-refractivity contribution in [1.82, 2.24) is 15.5 Å². The van der Waals surface area contributed by atoms with Crippen molar-refractivity contribution in [3.63, 3.8) is 0 Å². The lowest BCUT2D eigenvalue weighted by Crippen LogP contribution is -2.45. The molecule has 1 atom stereocenters. The van der Waals surface area contributed by atoms with Crippen molar-refractivity contribution in [2.24, 2.45) is 5.73 Å². The molecule has 0 aliphatic rings. The van der Waals surface area contributed by atoms with E-state index in [4.69, 9.17) is 5.73 Å². The number of nitrogens with zero attached hydrogens (tertiary/aromatic N) is 1. The molecule has 5 N–H and O–H groups in total. The molecule has 7 nitrogen and oxygen atoms in total. The first-order valence-corrected chi connectivity index (χ1v) is 6.66. The zero-order valence-corrected chi connectivity index (χ0v) is 12.3. The van der Waals surface area contributed by atoms with Crippen LogP contribution in [-0.2, 0) is 11.2 Å². The number of rotatable bonds is 6. The van der Waals surface area contributed by atoms with Crippen LogP contribution in [0.3, 0.4) is 0 Å². The highest BCUT2D eigenvalue weighted by Gasteiger charge is 2.13. The average Bonchev–Trinajstić information content (AvgIpc) is 2.45. The van der Waals surface area contributed by atoms with Gasteiger partial charge in [-0.1, -0.05) is 12.1 Å². The number of amides is 3. The molecular formula is C14H22N4O3. The number of benzene rings is 1. The number of nitrogens with two attached hydrogens (primary N) is 1. The van der Waals surface area contributed by atoms with Crippen molar-refractivity contribution >= 4 is 11.9 Å². The lowest BCUT2D eigenvalue weighted by molar-refractivity contribution is -0.122. The predicted octanol–water partition coefficient (Wildman–Crippen LogP) is -0.351. The third kappa shape index (κ3) is 6.13. The van der Waals surface area contributed by atoms with Crippen LogP contribution in [0.4, 0.5) is 4.79 Å². The monoisotopic (exact) mass is 294 g/mol. The van der Waals surface area contributed by atoms with Crippen molar-refractivity contribution in [1.29, 1.82) is 0 Å². The maximum Gasteiger partial charge on any atom is 0.316 e. The molecule has 0 bridgehead atoms. The van der Waals surface area contributed by atoms with Crippen molar-refractivity contribution < 1.29 is 14.7 Å². The predicted molar refractivity (Wildman–Crippen MR) is 79.9 cm³/mol. The summed E-state index contributed by atoms with van der Waals surface area (Å²) < 4.78 is 0. The minimum Gasteiger partial charge on any atom is -0.508 e. The van der Waals surface area contributed by atoms with Crippen LogP contribution >= 0.6 is 0 Å². The number of phenolic OH excluding ortho intramolecular Hbond substituents is 1. The first-order chi connectivity index (χ1) is 9.90. The Morgan fingerprint density at radius 3 is 2.33 bits per heavy atom. The molecule has 0 fully saturated rings. The van der Waals surface area contributed by atoms with Crippen molar-refractivity contribution in [2.45, 2.75) is 12.5 Å². The second-order valence-electron chi connectivity index (χ2n) is 4.89. The van der Waals surface area contributed by atoms with E-state index in [2.05, 4.69) is 10.6 Å². The summed E-state index contributed by atoms with van der Waals surface area (Å²) in [4.78, 5) is 24.4. The fraction of sp³-hybridized carbons (Fsp3) is 0.429. The first-order valence-electron chi connectivity index (χ1n) is 6.66.